The first-order valence-corrected chi connectivity index (χ1v) is 4.19. The Labute approximate surface area is 74.8 Å². The van der Waals surface area contributed by atoms with Crippen LogP contribution in [0.4, 0.5) is 13.2 Å². The second-order valence-electron chi connectivity index (χ2n) is 3.14. The fourth-order valence-corrected chi connectivity index (χ4v) is 1.22. The average Bonchev–Trinajstić information content (AvgIpc) is 2.00. The van der Waals surface area contributed by atoms with E-state index in [1.807, 2.05) is 6.92 Å². The van der Waals surface area contributed by atoms with Crippen LogP contribution in [0.3, 0.4) is 0 Å². The standard InChI is InChI=1S/C8H12F3NO/c1-6-3-2-4-7(12-6)13-5-8(9,10)11/h7H,2-5H2,1H3. The van der Waals surface area contributed by atoms with Crippen molar-refractivity contribution in [2.45, 2.75) is 38.6 Å². The third kappa shape index (κ3) is 4.26. The van der Waals surface area contributed by atoms with Gasteiger partial charge in [0.1, 0.15) is 12.8 Å². The summed E-state index contributed by atoms with van der Waals surface area (Å²) in [6.07, 6.45) is -2.52. The Morgan fingerprint density at radius 2 is 2.23 bits per heavy atom. The van der Waals surface area contributed by atoms with Gasteiger partial charge in [-0.1, -0.05) is 0 Å². The molecule has 1 aliphatic heterocycles. The highest BCUT2D eigenvalue weighted by Crippen LogP contribution is 2.19. The maximum Gasteiger partial charge on any atom is 0.411 e. The molecule has 13 heavy (non-hydrogen) atoms. The molecule has 0 bridgehead atoms. The zero-order chi connectivity index (χ0) is 9.90. The second kappa shape index (κ2) is 4.09. The van der Waals surface area contributed by atoms with E-state index in [4.69, 9.17) is 0 Å². The number of hydrogen-bond donors (Lipinski definition) is 0. The SMILES string of the molecule is CC1=NC(OCC(F)(F)F)CCC1. The molecule has 0 aromatic carbocycles. The second-order valence-corrected chi connectivity index (χ2v) is 3.14. The van der Waals surface area contributed by atoms with Crippen LogP contribution in [-0.4, -0.2) is 24.7 Å². The van der Waals surface area contributed by atoms with Gasteiger partial charge in [-0.3, -0.25) is 4.99 Å². The van der Waals surface area contributed by atoms with Gasteiger partial charge in [-0.2, -0.15) is 13.2 Å². The minimum absolute atomic E-state index is 0.588. The number of aliphatic imine (C=N–C) groups is 1. The van der Waals surface area contributed by atoms with Crippen LogP contribution in [0.1, 0.15) is 26.2 Å². The van der Waals surface area contributed by atoms with Crippen LogP contribution in [0.25, 0.3) is 0 Å². The van der Waals surface area contributed by atoms with E-state index in [1.54, 1.807) is 0 Å². The van der Waals surface area contributed by atoms with Gasteiger partial charge in [0, 0.05) is 5.71 Å². The molecule has 0 saturated heterocycles. The highest BCUT2D eigenvalue weighted by atomic mass is 19.4. The van der Waals surface area contributed by atoms with E-state index in [0.29, 0.717) is 6.42 Å². The van der Waals surface area contributed by atoms with Gasteiger partial charge in [0.2, 0.25) is 0 Å². The van der Waals surface area contributed by atoms with E-state index in [1.165, 1.54) is 0 Å². The number of ether oxygens (including phenoxy) is 1. The third-order valence-corrected chi connectivity index (χ3v) is 1.79. The number of hydrogen-bond acceptors (Lipinski definition) is 2. The highest BCUT2D eigenvalue weighted by Gasteiger charge is 2.29. The van der Waals surface area contributed by atoms with Gasteiger partial charge < -0.3 is 4.74 Å². The monoisotopic (exact) mass is 195 g/mol. The summed E-state index contributed by atoms with van der Waals surface area (Å²) in [6.45, 7) is 0.609. The van der Waals surface area contributed by atoms with Gasteiger partial charge in [-0.05, 0) is 26.2 Å². The van der Waals surface area contributed by atoms with Gasteiger partial charge in [0.25, 0.3) is 0 Å². The van der Waals surface area contributed by atoms with E-state index in [9.17, 15) is 13.2 Å². The van der Waals surface area contributed by atoms with Crippen molar-refractivity contribution in [3.05, 3.63) is 0 Å². The first-order chi connectivity index (χ1) is 5.97. The van der Waals surface area contributed by atoms with Crippen molar-refractivity contribution in [1.82, 2.24) is 0 Å². The average molecular weight is 195 g/mol. The van der Waals surface area contributed by atoms with Crippen molar-refractivity contribution in [2.75, 3.05) is 6.61 Å². The summed E-state index contributed by atoms with van der Waals surface area (Å²) in [4.78, 5) is 3.98. The molecule has 1 heterocycles. The predicted octanol–water partition coefficient (Wildman–Crippen LogP) is 2.54. The summed E-state index contributed by atoms with van der Waals surface area (Å²) in [6, 6.07) is 0. The molecule has 2 nitrogen and oxygen atoms in total. The quantitative estimate of drug-likeness (QED) is 0.663. The summed E-state index contributed by atoms with van der Waals surface area (Å²) >= 11 is 0. The van der Waals surface area contributed by atoms with E-state index in [-0.39, 0.29) is 0 Å². The van der Waals surface area contributed by atoms with Gasteiger partial charge in [-0.15, -0.1) is 0 Å². The van der Waals surface area contributed by atoms with Crippen molar-refractivity contribution in [2.24, 2.45) is 4.99 Å². The predicted molar refractivity (Wildman–Crippen MR) is 42.8 cm³/mol. The van der Waals surface area contributed by atoms with Crippen LogP contribution in [0.2, 0.25) is 0 Å². The van der Waals surface area contributed by atoms with Crippen LogP contribution < -0.4 is 0 Å². The molecule has 5 heteroatoms. The molecular weight excluding hydrogens is 183 g/mol. The summed E-state index contributed by atoms with van der Waals surface area (Å²) in [7, 11) is 0. The lowest BCUT2D eigenvalue weighted by Crippen LogP contribution is -2.24. The first-order valence-electron chi connectivity index (χ1n) is 4.19. The summed E-state index contributed by atoms with van der Waals surface area (Å²) in [5, 5.41) is 0. The van der Waals surface area contributed by atoms with E-state index in [0.717, 1.165) is 18.6 Å². The van der Waals surface area contributed by atoms with Crippen LogP contribution in [0, 0.1) is 0 Å². The summed E-state index contributed by atoms with van der Waals surface area (Å²) in [5.41, 5.74) is 0.874. The van der Waals surface area contributed by atoms with Crippen LogP contribution >= 0.6 is 0 Å². The Morgan fingerprint density at radius 1 is 1.54 bits per heavy atom. The molecular formula is C8H12F3NO. The molecule has 0 saturated carbocycles. The van der Waals surface area contributed by atoms with E-state index >= 15 is 0 Å². The van der Waals surface area contributed by atoms with Crippen LogP contribution in [0.15, 0.2) is 4.99 Å². The fraction of sp³-hybridized carbons (Fsp3) is 0.875. The van der Waals surface area contributed by atoms with Crippen LogP contribution in [0.5, 0.6) is 0 Å². The van der Waals surface area contributed by atoms with Crippen LogP contribution in [-0.2, 0) is 4.74 Å². The smallest absolute Gasteiger partial charge is 0.347 e. The molecule has 0 fully saturated rings. The molecule has 0 aliphatic carbocycles. The Balaban J connectivity index is 2.33. The van der Waals surface area contributed by atoms with Gasteiger partial charge in [-0.25, -0.2) is 0 Å². The summed E-state index contributed by atoms with van der Waals surface area (Å²) < 4.78 is 39.8. The number of halogens is 3. The van der Waals surface area contributed by atoms with Gasteiger partial charge in [0.05, 0.1) is 0 Å². The molecule has 0 aromatic rings. The molecule has 0 N–H and O–H groups in total. The molecule has 76 valence electrons. The lowest BCUT2D eigenvalue weighted by molar-refractivity contribution is -0.185. The minimum atomic E-state index is -4.25. The van der Waals surface area contributed by atoms with Gasteiger partial charge in [0.15, 0.2) is 0 Å². The number of alkyl halides is 3. The Hall–Kier alpha value is -0.580. The zero-order valence-corrected chi connectivity index (χ0v) is 7.40. The molecule has 0 amide bonds. The molecule has 1 rings (SSSR count). The Kier molecular flexibility index (Phi) is 3.30. The van der Waals surface area contributed by atoms with Crippen molar-refractivity contribution < 1.29 is 17.9 Å². The maximum absolute atomic E-state index is 11.7. The fourth-order valence-electron chi connectivity index (χ4n) is 1.22. The topological polar surface area (TPSA) is 21.6 Å². The Morgan fingerprint density at radius 3 is 2.77 bits per heavy atom. The largest absolute Gasteiger partial charge is 0.411 e. The summed E-state index contributed by atoms with van der Waals surface area (Å²) in [5.74, 6) is 0. The lowest BCUT2D eigenvalue weighted by Gasteiger charge is -2.19. The molecule has 1 unspecified atom stereocenters. The van der Waals surface area contributed by atoms with E-state index in [2.05, 4.69) is 9.73 Å². The highest BCUT2D eigenvalue weighted by molar-refractivity contribution is 5.82. The Bertz CT molecular complexity index is 200. The first kappa shape index (κ1) is 10.5. The molecule has 0 aromatic heterocycles. The minimum Gasteiger partial charge on any atom is -0.347 e. The number of nitrogens with zero attached hydrogens (tertiary/aromatic N) is 1. The zero-order valence-electron chi connectivity index (χ0n) is 7.40. The van der Waals surface area contributed by atoms with E-state index < -0.39 is 19.0 Å². The molecule has 1 atom stereocenters. The van der Waals surface area contributed by atoms with Crippen molar-refractivity contribution in [3.63, 3.8) is 0 Å². The molecule has 1 aliphatic rings. The third-order valence-electron chi connectivity index (χ3n) is 1.79. The van der Waals surface area contributed by atoms with Gasteiger partial charge >= 0.3 is 6.18 Å². The maximum atomic E-state index is 11.7. The van der Waals surface area contributed by atoms with Crippen molar-refractivity contribution >= 4 is 5.71 Å². The van der Waals surface area contributed by atoms with Crippen molar-refractivity contribution in [3.8, 4) is 0 Å². The molecule has 0 spiro atoms. The lowest BCUT2D eigenvalue weighted by atomic mass is 10.1. The molecule has 0 radical (unpaired) electrons. The normalized spacial score (nSPS) is 24.3. The number of rotatable bonds is 2. The van der Waals surface area contributed by atoms with Crippen molar-refractivity contribution in [1.29, 1.82) is 0 Å².